The predicted octanol–water partition coefficient (Wildman–Crippen LogP) is 1.36. The molecule has 2 aromatic rings. The van der Waals surface area contributed by atoms with Crippen LogP contribution in [0, 0.1) is 0 Å². The van der Waals surface area contributed by atoms with E-state index in [0.29, 0.717) is 21.1 Å². The zero-order valence-electron chi connectivity index (χ0n) is 13.0. The van der Waals surface area contributed by atoms with Gasteiger partial charge in [-0.25, -0.2) is 4.72 Å². The third-order valence-corrected chi connectivity index (χ3v) is 6.44. The van der Waals surface area contributed by atoms with E-state index < -0.39 is 10.2 Å². The van der Waals surface area contributed by atoms with E-state index in [-0.39, 0.29) is 25.0 Å². The zero-order valence-corrected chi connectivity index (χ0v) is 15.3. The fourth-order valence-electron chi connectivity index (χ4n) is 2.68. The van der Waals surface area contributed by atoms with E-state index in [4.69, 9.17) is 23.2 Å². The maximum Gasteiger partial charge on any atom is 0.279 e. The third kappa shape index (κ3) is 2.89. The lowest BCUT2D eigenvalue weighted by atomic mass is 10.2. The number of carbonyl (C=O) groups excluding carboxylic acids is 1. The van der Waals surface area contributed by atoms with Crippen LogP contribution in [-0.4, -0.2) is 49.4 Å². The molecule has 1 aromatic carbocycles. The van der Waals surface area contributed by atoms with E-state index in [1.807, 2.05) is 0 Å². The molecule has 0 radical (unpaired) electrons. The number of amides is 1. The smallest absolute Gasteiger partial charge is 0.279 e. The number of carbonyl (C=O) groups is 1. The monoisotopic (exact) mass is 390 g/mol. The molecule has 2 N–H and O–H groups in total. The second-order valence-corrected chi connectivity index (χ2v) is 8.24. The molecule has 10 heteroatoms. The Morgan fingerprint density at radius 1 is 1.29 bits per heavy atom. The van der Waals surface area contributed by atoms with Crippen LogP contribution in [0.5, 0.6) is 0 Å². The van der Waals surface area contributed by atoms with Crippen LogP contribution in [-0.2, 0) is 17.3 Å². The molecule has 24 heavy (non-hydrogen) atoms. The van der Waals surface area contributed by atoms with Crippen LogP contribution < -0.4 is 10.0 Å². The number of hydrogen-bond acceptors (Lipinski definition) is 3. The van der Waals surface area contributed by atoms with E-state index in [1.165, 1.54) is 11.4 Å². The fraction of sp³-hybridized carbons (Fsp3) is 0.357. The highest BCUT2D eigenvalue weighted by Crippen LogP contribution is 2.32. The molecule has 130 valence electrons. The molecule has 1 aliphatic rings. The molecule has 1 aliphatic heterocycles. The first-order valence-corrected chi connectivity index (χ1v) is 9.37. The Morgan fingerprint density at radius 2 is 1.96 bits per heavy atom. The SMILES string of the molecule is CNS(=O)(=O)N1CC(NC(=O)c2cc3c(Cl)c(Cl)ccc3n2C)C1. The second kappa shape index (κ2) is 6.20. The molecular weight excluding hydrogens is 375 g/mol. The van der Waals surface area contributed by atoms with Gasteiger partial charge in [0.1, 0.15) is 5.69 Å². The van der Waals surface area contributed by atoms with Crippen LogP contribution in [0.3, 0.4) is 0 Å². The molecule has 1 aromatic heterocycles. The fourth-order valence-corrected chi connectivity index (χ4v) is 4.07. The molecule has 0 spiro atoms. The van der Waals surface area contributed by atoms with Gasteiger partial charge < -0.3 is 9.88 Å². The van der Waals surface area contributed by atoms with E-state index in [0.717, 1.165) is 5.52 Å². The minimum atomic E-state index is -3.44. The topological polar surface area (TPSA) is 83.4 Å². The summed E-state index contributed by atoms with van der Waals surface area (Å²) in [6.45, 7) is 0.483. The highest BCUT2D eigenvalue weighted by atomic mass is 35.5. The van der Waals surface area contributed by atoms with Gasteiger partial charge in [-0.15, -0.1) is 0 Å². The molecule has 0 atom stereocenters. The number of hydrogen-bond donors (Lipinski definition) is 2. The van der Waals surface area contributed by atoms with Crippen LogP contribution in [0.2, 0.25) is 10.0 Å². The highest BCUT2D eigenvalue weighted by molar-refractivity contribution is 7.87. The minimum absolute atomic E-state index is 0.224. The standard InChI is InChI=1S/C14H16Cl2N4O3S/c1-17-24(22,23)20-6-8(7-20)18-14(21)12-5-9-11(19(12)2)4-3-10(15)13(9)16/h3-5,8,17H,6-7H2,1-2H3,(H,18,21). The molecular formula is C14H16Cl2N4O3S. The number of benzene rings is 1. The highest BCUT2D eigenvalue weighted by Gasteiger charge is 2.36. The van der Waals surface area contributed by atoms with Crippen LogP contribution >= 0.6 is 23.2 Å². The summed E-state index contributed by atoms with van der Waals surface area (Å²) in [6, 6.07) is 4.93. The summed E-state index contributed by atoms with van der Waals surface area (Å²) in [5.41, 5.74) is 1.23. The molecule has 0 bridgehead atoms. The molecule has 3 rings (SSSR count). The first-order chi connectivity index (χ1) is 11.2. The Bertz CT molecular complexity index is 920. The van der Waals surface area contributed by atoms with Gasteiger partial charge in [0.15, 0.2) is 0 Å². The van der Waals surface area contributed by atoms with Crippen molar-refractivity contribution in [2.24, 2.45) is 7.05 Å². The maximum absolute atomic E-state index is 12.5. The van der Waals surface area contributed by atoms with Crippen molar-refractivity contribution in [2.75, 3.05) is 20.1 Å². The molecule has 1 fully saturated rings. The second-order valence-electron chi connectivity index (χ2n) is 5.58. The first kappa shape index (κ1) is 17.5. The Hall–Kier alpha value is -1.32. The lowest BCUT2D eigenvalue weighted by molar-refractivity contribution is 0.0887. The van der Waals surface area contributed by atoms with Crippen LogP contribution in [0.1, 0.15) is 10.5 Å². The van der Waals surface area contributed by atoms with Crippen molar-refractivity contribution in [1.82, 2.24) is 18.9 Å². The van der Waals surface area contributed by atoms with Crippen LogP contribution in [0.15, 0.2) is 18.2 Å². The molecule has 7 nitrogen and oxygen atoms in total. The minimum Gasteiger partial charge on any atom is -0.345 e. The number of aromatic nitrogens is 1. The van der Waals surface area contributed by atoms with Gasteiger partial charge in [-0.3, -0.25) is 4.79 Å². The summed E-state index contributed by atoms with van der Waals surface area (Å²) >= 11 is 12.2. The summed E-state index contributed by atoms with van der Waals surface area (Å²) < 4.78 is 28.4. The maximum atomic E-state index is 12.5. The summed E-state index contributed by atoms with van der Waals surface area (Å²) in [4.78, 5) is 12.5. The van der Waals surface area contributed by atoms with Crippen LogP contribution in [0.25, 0.3) is 10.9 Å². The van der Waals surface area contributed by atoms with Gasteiger partial charge in [-0.05, 0) is 18.2 Å². The van der Waals surface area contributed by atoms with E-state index >= 15 is 0 Å². The molecule has 0 unspecified atom stereocenters. The predicted molar refractivity (Wildman–Crippen MR) is 93.7 cm³/mol. The summed E-state index contributed by atoms with van der Waals surface area (Å²) in [6.07, 6.45) is 0. The number of halogens is 2. The van der Waals surface area contributed by atoms with Crippen molar-refractivity contribution in [2.45, 2.75) is 6.04 Å². The Morgan fingerprint density at radius 3 is 2.58 bits per heavy atom. The lowest BCUT2D eigenvalue weighted by Crippen LogP contribution is -2.62. The number of nitrogens with zero attached hydrogens (tertiary/aromatic N) is 2. The molecule has 1 amide bonds. The van der Waals surface area contributed by atoms with Crippen molar-refractivity contribution in [3.05, 3.63) is 33.9 Å². The van der Waals surface area contributed by atoms with Crippen molar-refractivity contribution in [1.29, 1.82) is 0 Å². The quantitative estimate of drug-likeness (QED) is 0.826. The average molecular weight is 391 g/mol. The number of aryl methyl sites for hydroxylation is 1. The van der Waals surface area contributed by atoms with E-state index in [2.05, 4.69) is 10.0 Å². The van der Waals surface area contributed by atoms with Gasteiger partial charge in [-0.2, -0.15) is 12.7 Å². The summed E-state index contributed by atoms with van der Waals surface area (Å²) in [5.74, 6) is -0.285. The van der Waals surface area contributed by atoms with Gasteiger partial charge in [0.25, 0.3) is 16.1 Å². The Kier molecular flexibility index (Phi) is 4.52. The molecule has 1 saturated heterocycles. The van der Waals surface area contributed by atoms with Crippen LogP contribution in [0.4, 0.5) is 0 Å². The van der Waals surface area contributed by atoms with Gasteiger partial charge in [0, 0.05) is 38.1 Å². The molecule has 0 aliphatic carbocycles. The summed E-state index contributed by atoms with van der Waals surface area (Å²) in [5, 5.41) is 4.35. The van der Waals surface area contributed by atoms with Gasteiger partial charge in [-0.1, -0.05) is 23.2 Å². The Balaban J connectivity index is 1.76. The zero-order chi connectivity index (χ0) is 17.6. The van der Waals surface area contributed by atoms with Gasteiger partial charge >= 0.3 is 0 Å². The van der Waals surface area contributed by atoms with Gasteiger partial charge in [0.05, 0.1) is 16.1 Å². The largest absolute Gasteiger partial charge is 0.345 e. The van der Waals surface area contributed by atoms with Crippen molar-refractivity contribution >= 4 is 50.2 Å². The summed E-state index contributed by atoms with van der Waals surface area (Å²) in [7, 11) is -0.322. The van der Waals surface area contributed by atoms with Crippen molar-refractivity contribution in [3.63, 3.8) is 0 Å². The van der Waals surface area contributed by atoms with Crippen molar-refractivity contribution in [3.8, 4) is 0 Å². The number of rotatable bonds is 4. The Labute approximate surface area is 149 Å². The van der Waals surface area contributed by atoms with Gasteiger partial charge in [0.2, 0.25) is 0 Å². The number of nitrogens with one attached hydrogen (secondary N) is 2. The lowest BCUT2D eigenvalue weighted by Gasteiger charge is -2.37. The van der Waals surface area contributed by atoms with E-state index in [1.54, 1.807) is 29.8 Å². The molecule has 0 saturated carbocycles. The normalized spacial score (nSPS) is 16.3. The molecule has 2 heterocycles. The van der Waals surface area contributed by atoms with E-state index in [9.17, 15) is 13.2 Å². The third-order valence-electron chi connectivity index (χ3n) is 4.13. The average Bonchev–Trinajstić information content (AvgIpc) is 2.84. The van der Waals surface area contributed by atoms with Crippen molar-refractivity contribution < 1.29 is 13.2 Å². The number of fused-ring (bicyclic) bond motifs is 1. The first-order valence-electron chi connectivity index (χ1n) is 7.17.